The topological polar surface area (TPSA) is 91.4 Å². The molecule has 1 aromatic heterocycles. The number of anilines is 2. The van der Waals surface area contributed by atoms with Crippen LogP contribution in [-0.2, 0) is 7.05 Å². The standard InChI is InChI=1S/C13H16N4O3/c1-17-11(4-5-15-17)16-13(18)9-6-8(19-2)7-10(20-3)12(9)14/h4-7H,14H2,1-3H3,(H,16,18). The molecule has 0 aliphatic rings. The molecule has 1 aromatic carbocycles. The summed E-state index contributed by atoms with van der Waals surface area (Å²) in [7, 11) is 4.72. The van der Waals surface area contributed by atoms with Gasteiger partial charge in [0.2, 0.25) is 0 Å². The number of benzene rings is 1. The van der Waals surface area contributed by atoms with Gasteiger partial charge in [0, 0.05) is 19.2 Å². The van der Waals surface area contributed by atoms with Crippen LogP contribution in [0.15, 0.2) is 24.4 Å². The van der Waals surface area contributed by atoms with Gasteiger partial charge in [-0.3, -0.25) is 9.48 Å². The molecular weight excluding hydrogens is 260 g/mol. The van der Waals surface area contributed by atoms with E-state index in [9.17, 15) is 4.79 Å². The van der Waals surface area contributed by atoms with Gasteiger partial charge in [0.1, 0.15) is 17.3 Å². The number of amides is 1. The molecule has 106 valence electrons. The fourth-order valence-electron chi connectivity index (χ4n) is 1.76. The van der Waals surface area contributed by atoms with Crippen LogP contribution in [0.25, 0.3) is 0 Å². The molecular formula is C13H16N4O3. The smallest absolute Gasteiger partial charge is 0.259 e. The van der Waals surface area contributed by atoms with Crippen molar-refractivity contribution < 1.29 is 14.3 Å². The lowest BCUT2D eigenvalue weighted by atomic mass is 10.1. The molecule has 0 atom stereocenters. The maximum atomic E-state index is 12.3. The molecule has 20 heavy (non-hydrogen) atoms. The quantitative estimate of drug-likeness (QED) is 0.821. The number of rotatable bonds is 4. The molecule has 0 aliphatic heterocycles. The Hall–Kier alpha value is -2.70. The number of carbonyl (C=O) groups is 1. The molecule has 0 aliphatic carbocycles. The molecule has 1 heterocycles. The Kier molecular flexibility index (Phi) is 3.79. The molecule has 0 saturated carbocycles. The van der Waals surface area contributed by atoms with Gasteiger partial charge in [0.05, 0.1) is 31.7 Å². The van der Waals surface area contributed by atoms with Gasteiger partial charge in [0.25, 0.3) is 5.91 Å². The Balaban J connectivity index is 2.36. The van der Waals surface area contributed by atoms with Gasteiger partial charge < -0.3 is 20.5 Å². The van der Waals surface area contributed by atoms with Crippen molar-refractivity contribution >= 4 is 17.4 Å². The monoisotopic (exact) mass is 276 g/mol. The summed E-state index contributed by atoms with van der Waals surface area (Å²) < 4.78 is 11.8. The van der Waals surface area contributed by atoms with E-state index in [0.717, 1.165) is 0 Å². The zero-order valence-electron chi connectivity index (χ0n) is 11.5. The van der Waals surface area contributed by atoms with E-state index in [4.69, 9.17) is 15.2 Å². The minimum atomic E-state index is -0.358. The van der Waals surface area contributed by atoms with Crippen molar-refractivity contribution in [1.29, 1.82) is 0 Å². The number of nitrogens with zero attached hydrogens (tertiary/aromatic N) is 2. The van der Waals surface area contributed by atoms with Crippen LogP contribution in [0.3, 0.4) is 0 Å². The van der Waals surface area contributed by atoms with Crippen molar-refractivity contribution in [2.45, 2.75) is 0 Å². The van der Waals surface area contributed by atoms with E-state index >= 15 is 0 Å². The van der Waals surface area contributed by atoms with Crippen molar-refractivity contribution in [3.63, 3.8) is 0 Å². The summed E-state index contributed by atoms with van der Waals surface area (Å²) in [5.41, 5.74) is 6.46. The second kappa shape index (κ2) is 5.52. The predicted molar refractivity (Wildman–Crippen MR) is 75.1 cm³/mol. The molecule has 0 unspecified atom stereocenters. The number of nitrogens with two attached hydrogens (primary N) is 1. The first kappa shape index (κ1) is 13.7. The predicted octanol–water partition coefficient (Wildman–Crippen LogP) is 1.27. The molecule has 0 spiro atoms. The van der Waals surface area contributed by atoms with Crippen molar-refractivity contribution in [1.82, 2.24) is 9.78 Å². The van der Waals surface area contributed by atoms with E-state index in [0.29, 0.717) is 17.3 Å². The third kappa shape index (κ3) is 2.51. The number of carbonyl (C=O) groups excluding carboxylic acids is 1. The fraction of sp³-hybridized carbons (Fsp3) is 0.231. The van der Waals surface area contributed by atoms with Gasteiger partial charge in [-0.05, 0) is 6.07 Å². The number of hydrogen-bond donors (Lipinski definition) is 2. The van der Waals surface area contributed by atoms with Crippen molar-refractivity contribution in [3.05, 3.63) is 30.0 Å². The molecule has 1 amide bonds. The van der Waals surface area contributed by atoms with Gasteiger partial charge in [-0.25, -0.2) is 0 Å². The van der Waals surface area contributed by atoms with E-state index in [-0.39, 0.29) is 17.2 Å². The fourth-order valence-corrected chi connectivity index (χ4v) is 1.76. The Morgan fingerprint density at radius 3 is 2.65 bits per heavy atom. The van der Waals surface area contributed by atoms with Crippen LogP contribution in [0.5, 0.6) is 11.5 Å². The molecule has 2 aromatic rings. The summed E-state index contributed by atoms with van der Waals surface area (Å²) in [5.74, 6) is 1.09. The Morgan fingerprint density at radius 1 is 1.35 bits per heavy atom. The van der Waals surface area contributed by atoms with Crippen molar-refractivity contribution in [2.75, 3.05) is 25.3 Å². The van der Waals surface area contributed by atoms with E-state index in [2.05, 4.69) is 10.4 Å². The van der Waals surface area contributed by atoms with E-state index < -0.39 is 0 Å². The van der Waals surface area contributed by atoms with Crippen molar-refractivity contribution in [2.24, 2.45) is 7.05 Å². The lowest BCUT2D eigenvalue weighted by molar-refractivity contribution is 0.102. The first-order chi connectivity index (χ1) is 9.56. The maximum absolute atomic E-state index is 12.3. The Bertz CT molecular complexity index is 637. The summed E-state index contributed by atoms with van der Waals surface area (Å²) in [5, 5.41) is 6.69. The number of aryl methyl sites for hydroxylation is 1. The number of aromatic nitrogens is 2. The minimum absolute atomic E-state index is 0.257. The molecule has 7 nitrogen and oxygen atoms in total. The average Bonchev–Trinajstić information content (AvgIpc) is 2.84. The third-order valence-electron chi connectivity index (χ3n) is 2.88. The van der Waals surface area contributed by atoms with Gasteiger partial charge in [-0.15, -0.1) is 0 Å². The first-order valence-corrected chi connectivity index (χ1v) is 5.87. The third-order valence-corrected chi connectivity index (χ3v) is 2.88. The van der Waals surface area contributed by atoms with Crippen LogP contribution in [0.4, 0.5) is 11.5 Å². The van der Waals surface area contributed by atoms with Crippen LogP contribution in [0.2, 0.25) is 0 Å². The van der Waals surface area contributed by atoms with Crippen LogP contribution in [0.1, 0.15) is 10.4 Å². The van der Waals surface area contributed by atoms with Crippen LogP contribution in [0, 0.1) is 0 Å². The van der Waals surface area contributed by atoms with E-state index in [1.165, 1.54) is 14.2 Å². The number of nitrogen functional groups attached to an aromatic ring is 1. The highest BCUT2D eigenvalue weighted by Gasteiger charge is 2.17. The van der Waals surface area contributed by atoms with Crippen LogP contribution >= 0.6 is 0 Å². The number of hydrogen-bond acceptors (Lipinski definition) is 5. The first-order valence-electron chi connectivity index (χ1n) is 5.87. The van der Waals surface area contributed by atoms with E-state index in [1.807, 2.05) is 0 Å². The second-order valence-electron chi connectivity index (χ2n) is 4.09. The Labute approximate surface area is 116 Å². The van der Waals surface area contributed by atoms with Crippen LogP contribution in [-0.4, -0.2) is 29.9 Å². The summed E-state index contributed by atoms with van der Waals surface area (Å²) in [4.78, 5) is 12.3. The highest BCUT2D eigenvalue weighted by molar-refractivity contribution is 6.08. The molecule has 7 heteroatoms. The SMILES string of the molecule is COc1cc(OC)c(N)c(C(=O)Nc2ccnn2C)c1. The molecule has 0 bridgehead atoms. The zero-order chi connectivity index (χ0) is 14.7. The summed E-state index contributed by atoms with van der Waals surface area (Å²) in [6.07, 6.45) is 1.59. The number of ether oxygens (including phenoxy) is 2. The van der Waals surface area contributed by atoms with Gasteiger partial charge in [0.15, 0.2) is 0 Å². The summed E-state index contributed by atoms with van der Waals surface area (Å²) >= 11 is 0. The molecule has 0 saturated heterocycles. The van der Waals surface area contributed by atoms with Gasteiger partial charge in [-0.2, -0.15) is 5.10 Å². The maximum Gasteiger partial charge on any atom is 0.259 e. The molecule has 0 radical (unpaired) electrons. The summed E-state index contributed by atoms with van der Waals surface area (Å²) in [6.45, 7) is 0. The lowest BCUT2D eigenvalue weighted by Crippen LogP contribution is -2.16. The molecule has 2 rings (SSSR count). The van der Waals surface area contributed by atoms with Crippen LogP contribution < -0.4 is 20.5 Å². The minimum Gasteiger partial charge on any atom is -0.497 e. The number of nitrogens with one attached hydrogen (secondary N) is 1. The average molecular weight is 276 g/mol. The van der Waals surface area contributed by atoms with Crippen molar-refractivity contribution in [3.8, 4) is 11.5 Å². The van der Waals surface area contributed by atoms with Gasteiger partial charge in [-0.1, -0.05) is 0 Å². The highest BCUT2D eigenvalue weighted by Crippen LogP contribution is 2.31. The highest BCUT2D eigenvalue weighted by atomic mass is 16.5. The zero-order valence-corrected chi connectivity index (χ0v) is 11.5. The van der Waals surface area contributed by atoms with E-state index in [1.54, 1.807) is 36.1 Å². The Morgan fingerprint density at radius 2 is 2.10 bits per heavy atom. The second-order valence-corrected chi connectivity index (χ2v) is 4.09. The summed E-state index contributed by atoms with van der Waals surface area (Å²) in [6, 6.07) is 4.87. The lowest BCUT2D eigenvalue weighted by Gasteiger charge is -2.12. The van der Waals surface area contributed by atoms with Gasteiger partial charge >= 0.3 is 0 Å². The normalized spacial score (nSPS) is 10.2. The number of methoxy groups -OCH3 is 2. The largest absolute Gasteiger partial charge is 0.497 e. The molecule has 0 fully saturated rings. The molecule has 3 N–H and O–H groups in total.